The monoisotopic (exact) mass is 359 g/mol. The first-order valence-corrected chi connectivity index (χ1v) is 7.50. The molecule has 0 aromatic heterocycles. The summed E-state index contributed by atoms with van der Waals surface area (Å²) in [6.07, 6.45) is -3.21. The zero-order valence-corrected chi connectivity index (χ0v) is 13.2. The summed E-state index contributed by atoms with van der Waals surface area (Å²) in [5.74, 6) is -0.743. The summed E-state index contributed by atoms with van der Waals surface area (Å²) in [6.45, 7) is 0. The maximum Gasteiger partial charge on any atom is 0.573 e. The third kappa shape index (κ3) is 4.13. The minimum absolute atomic E-state index is 0.266. The number of hydrogen-bond acceptors (Lipinski definition) is 4. The number of amides is 1. The van der Waals surface area contributed by atoms with Crippen LogP contribution in [0.5, 0.6) is 5.75 Å². The molecule has 1 heterocycles. The first-order chi connectivity index (χ1) is 12.3. The molecule has 132 valence electrons. The van der Waals surface area contributed by atoms with Gasteiger partial charge in [-0.25, -0.2) is 0 Å². The van der Waals surface area contributed by atoms with Gasteiger partial charge in [-0.1, -0.05) is 12.1 Å². The second-order valence-corrected chi connectivity index (χ2v) is 5.47. The van der Waals surface area contributed by atoms with Crippen molar-refractivity contribution in [3.8, 4) is 11.8 Å². The summed E-state index contributed by atoms with van der Waals surface area (Å²) in [5, 5.41) is 14.4. The first kappa shape index (κ1) is 17.4. The minimum Gasteiger partial charge on any atom is -0.406 e. The molecule has 0 aliphatic carbocycles. The SMILES string of the molecule is N#Cc1ccc(NC2=CC(c3cccc(OC(F)(F)F)c3)NC2=O)cc1. The number of benzene rings is 2. The van der Waals surface area contributed by atoms with Crippen LogP contribution >= 0.6 is 0 Å². The smallest absolute Gasteiger partial charge is 0.406 e. The molecule has 1 atom stereocenters. The van der Waals surface area contributed by atoms with Gasteiger partial charge in [0, 0.05) is 5.69 Å². The molecule has 1 aliphatic heterocycles. The molecule has 2 aromatic carbocycles. The van der Waals surface area contributed by atoms with Gasteiger partial charge in [-0.15, -0.1) is 13.2 Å². The van der Waals surface area contributed by atoms with Crippen LogP contribution in [0.25, 0.3) is 0 Å². The van der Waals surface area contributed by atoms with Crippen molar-refractivity contribution < 1.29 is 22.7 Å². The van der Waals surface area contributed by atoms with E-state index in [1.807, 2.05) is 6.07 Å². The summed E-state index contributed by atoms with van der Waals surface area (Å²) in [7, 11) is 0. The molecule has 3 rings (SSSR count). The highest BCUT2D eigenvalue weighted by Gasteiger charge is 2.31. The van der Waals surface area contributed by atoms with Gasteiger partial charge < -0.3 is 15.4 Å². The Morgan fingerprint density at radius 1 is 1.15 bits per heavy atom. The van der Waals surface area contributed by atoms with Crippen LogP contribution in [-0.2, 0) is 4.79 Å². The topological polar surface area (TPSA) is 74.2 Å². The predicted molar refractivity (Wildman–Crippen MR) is 86.9 cm³/mol. The van der Waals surface area contributed by atoms with E-state index in [9.17, 15) is 18.0 Å². The fourth-order valence-corrected chi connectivity index (χ4v) is 2.47. The Hall–Kier alpha value is -3.47. The fraction of sp³-hybridized carbons (Fsp3) is 0.111. The number of anilines is 1. The van der Waals surface area contributed by atoms with Crippen LogP contribution in [0.1, 0.15) is 17.2 Å². The average Bonchev–Trinajstić information content (AvgIpc) is 2.95. The maximum atomic E-state index is 12.3. The molecule has 2 aromatic rings. The van der Waals surface area contributed by atoms with Gasteiger partial charge in [-0.05, 0) is 48.0 Å². The van der Waals surface area contributed by atoms with Crippen LogP contribution in [0.2, 0.25) is 0 Å². The summed E-state index contributed by atoms with van der Waals surface area (Å²) in [5.41, 5.74) is 1.82. The molecule has 2 N–H and O–H groups in total. The lowest BCUT2D eigenvalue weighted by Crippen LogP contribution is -2.23. The number of nitrogens with one attached hydrogen (secondary N) is 2. The number of carbonyl (C=O) groups is 1. The predicted octanol–water partition coefficient (Wildman–Crippen LogP) is 3.62. The number of hydrogen-bond donors (Lipinski definition) is 2. The lowest BCUT2D eigenvalue weighted by molar-refractivity contribution is -0.274. The first-order valence-electron chi connectivity index (χ1n) is 7.50. The van der Waals surface area contributed by atoms with Crippen molar-refractivity contribution in [2.45, 2.75) is 12.4 Å². The number of rotatable bonds is 4. The number of carbonyl (C=O) groups excluding carboxylic acids is 1. The lowest BCUT2D eigenvalue weighted by Gasteiger charge is -2.12. The number of ether oxygens (including phenoxy) is 1. The van der Waals surface area contributed by atoms with Crippen molar-refractivity contribution in [2.75, 3.05) is 5.32 Å². The van der Waals surface area contributed by atoms with Gasteiger partial charge in [0.25, 0.3) is 5.91 Å². The van der Waals surface area contributed by atoms with E-state index in [0.717, 1.165) is 0 Å². The highest BCUT2D eigenvalue weighted by atomic mass is 19.4. The number of alkyl halides is 3. The lowest BCUT2D eigenvalue weighted by atomic mass is 10.1. The second-order valence-electron chi connectivity index (χ2n) is 5.47. The van der Waals surface area contributed by atoms with Gasteiger partial charge in [0.15, 0.2) is 0 Å². The number of nitriles is 1. The largest absolute Gasteiger partial charge is 0.573 e. The molecule has 0 fully saturated rings. The molecule has 5 nitrogen and oxygen atoms in total. The van der Waals surface area contributed by atoms with Gasteiger partial charge in [0.1, 0.15) is 11.4 Å². The molecule has 1 unspecified atom stereocenters. The normalized spacial score (nSPS) is 16.5. The summed E-state index contributed by atoms with van der Waals surface area (Å²) in [4.78, 5) is 12.1. The Morgan fingerprint density at radius 3 is 2.54 bits per heavy atom. The van der Waals surface area contributed by atoms with Gasteiger partial charge in [-0.2, -0.15) is 5.26 Å². The standard InChI is InChI=1S/C18H12F3N3O2/c19-18(20,21)26-14-3-1-2-12(8-14)15-9-16(17(25)24-15)23-13-6-4-11(10-22)5-7-13/h1-9,15,23H,(H,24,25). The van der Waals surface area contributed by atoms with Crippen molar-refractivity contribution in [1.82, 2.24) is 5.32 Å². The molecule has 0 saturated heterocycles. The Labute approximate surface area is 146 Å². The van der Waals surface area contributed by atoms with Crippen LogP contribution in [0.3, 0.4) is 0 Å². The van der Waals surface area contributed by atoms with E-state index in [2.05, 4.69) is 15.4 Å². The zero-order chi connectivity index (χ0) is 18.7. The molecule has 26 heavy (non-hydrogen) atoms. The highest BCUT2D eigenvalue weighted by molar-refractivity contribution is 5.99. The number of nitrogens with zero attached hydrogens (tertiary/aromatic N) is 1. The van der Waals surface area contributed by atoms with Gasteiger partial charge in [0.05, 0.1) is 17.7 Å². The van der Waals surface area contributed by atoms with Crippen molar-refractivity contribution >= 4 is 11.6 Å². The summed E-state index contributed by atoms with van der Waals surface area (Å²) >= 11 is 0. The second kappa shape index (κ2) is 6.80. The van der Waals surface area contributed by atoms with Crippen LogP contribution in [0, 0.1) is 11.3 Å². The molecule has 8 heteroatoms. The highest BCUT2D eigenvalue weighted by Crippen LogP contribution is 2.28. The molecular formula is C18H12F3N3O2. The van der Waals surface area contributed by atoms with Crippen LogP contribution in [0.4, 0.5) is 18.9 Å². The van der Waals surface area contributed by atoms with E-state index < -0.39 is 12.4 Å². The average molecular weight is 359 g/mol. The Morgan fingerprint density at radius 2 is 1.88 bits per heavy atom. The van der Waals surface area contributed by atoms with Crippen molar-refractivity contribution in [3.63, 3.8) is 0 Å². The van der Waals surface area contributed by atoms with Crippen molar-refractivity contribution in [3.05, 3.63) is 71.4 Å². The van der Waals surface area contributed by atoms with Gasteiger partial charge in [0.2, 0.25) is 0 Å². The summed E-state index contributed by atoms with van der Waals surface area (Å²) in [6, 6.07) is 13.3. The summed E-state index contributed by atoms with van der Waals surface area (Å²) < 4.78 is 40.9. The van der Waals surface area contributed by atoms with E-state index in [-0.39, 0.29) is 17.4 Å². The minimum atomic E-state index is -4.78. The Bertz CT molecular complexity index is 899. The van der Waals surface area contributed by atoms with Crippen molar-refractivity contribution in [2.24, 2.45) is 0 Å². The molecule has 1 amide bonds. The van der Waals surface area contributed by atoms with Crippen LogP contribution in [0.15, 0.2) is 60.3 Å². The van der Waals surface area contributed by atoms with E-state index in [1.54, 1.807) is 36.4 Å². The quantitative estimate of drug-likeness (QED) is 0.874. The van der Waals surface area contributed by atoms with Crippen LogP contribution < -0.4 is 15.4 Å². The third-order valence-electron chi connectivity index (χ3n) is 3.61. The molecule has 0 bridgehead atoms. The number of halogens is 3. The van der Waals surface area contributed by atoms with E-state index in [1.165, 1.54) is 18.2 Å². The van der Waals surface area contributed by atoms with E-state index >= 15 is 0 Å². The fourth-order valence-electron chi connectivity index (χ4n) is 2.47. The Kier molecular flexibility index (Phi) is 4.54. The van der Waals surface area contributed by atoms with Crippen LogP contribution in [-0.4, -0.2) is 12.3 Å². The van der Waals surface area contributed by atoms with Crippen molar-refractivity contribution in [1.29, 1.82) is 5.26 Å². The molecule has 0 radical (unpaired) electrons. The molecule has 0 spiro atoms. The molecular weight excluding hydrogens is 347 g/mol. The van der Waals surface area contributed by atoms with Gasteiger partial charge in [-0.3, -0.25) is 4.79 Å². The molecule has 0 saturated carbocycles. The van der Waals surface area contributed by atoms with E-state index in [4.69, 9.17) is 5.26 Å². The Balaban J connectivity index is 1.77. The molecule has 1 aliphatic rings. The maximum absolute atomic E-state index is 12.3. The third-order valence-corrected chi connectivity index (χ3v) is 3.61. The van der Waals surface area contributed by atoms with Gasteiger partial charge >= 0.3 is 6.36 Å². The zero-order valence-electron chi connectivity index (χ0n) is 13.2. The van der Waals surface area contributed by atoms with E-state index in [0.29, 0.717) is 16.8 Å².